The summed E-state index contributed by atoms with van der Waals surface area (Å²) < 4.78 is 1.60. The summed E-state index contributed by atoms with van der Waals surface area (Å²) in [5, 5.41) is 11.2. The van der Waals surface area contributed by atoms with Crippen LogP contribution in [0.15, 0.2) is 30.6 Å². The maximum Gasteiger partial charge on any atom is 0.253 e. The van der Waals surface area contributed by atoms with Crippen molar-refractivity contribution in [3.8, 4) is 5.69 Å². The van der Waals surface area contributed by atoms with Crippen molar-refractivity contribution in [2.75, 3.05) is 26.2 Å². The van der Waals surface area contributed by atoms with Crippen molar-refractivity contribution < 1.29 is 4.79 Å². The van der Waals surface area contributed by atoms with Crippen molar-refractivity contribution in [2.24, 2.45) is 11.8 Å². The summed E-state index contributed by atoms with van der Waals surface area (Å²) in [7, 11) is 0. The minimum Gasteiger partial charge on any atom is -0.337 e. The van der Waals surface area contributed by atoms with Crippen molar-refractivity contribution in [3.05, 3.63) is 36.2 Å². The Bertz CT molecular complexity index is 785. The van der Waals surface area contributed by atoms with E-state index in [1.165, 1.54) is 45.2 Å². The highest BCUT2D eigenvalue weighted by Gasteiger charge is 2.37. The lowest BCUT2D eigenvalue weighted by Crippen LogP contribution is -2.47. The Morgan fingerprint density at radius 2 is 1.89 bits per heavy atom. The number of nitrogens with zero attached hydrogens (tertiary/aromatic N) is 6. The molecule has 3 saturated heterocycles. The van der Waals surface area contributed by atoms with Gasteiger partial charge >= 0.3 is 0 Å². The Morgan fingerprint density at radius 1 is 1.04 bits per heavy atom. The van der Waals surface area contributed by atoms with E-state index in [1.807, 2.05) is 24.3 Å². The molecule has 4 heterocycles. The van der Waals surface area contributed by atoms with Crippen LogP contribution in [0.5, 0.6) is 0 Å². The normalized spacial score (nSPS) is 26.0. The molecule has 6 rings (SSSR count). The van der Waals surface area contributed by atoms with Crippen LogP contribution in [-0.2, 0) is 0 Å². The van der Waals surface area contributed by atoms with Gasteiger partial charge in [0.25, 0.3) is 5.91 Å². The molecule has 2 aromatic rings. The minimum atomic E-state index is 0.153. The van der Waals surface area contributed by atoms with E-state index in [2.05, 4.69) is 25.3 Å². The van der Waals surface area contributed by atoms with Gasteiger partial charge in [0.05, 0.1) is 5.69 Å². The first-order chi connectivity index (χ1) is 13.3. The molecule has 3 aliphatic heterocycles. The topological polar surface area (TPSA) is 67.2 Å². The second-order valence-corrected chi connectivity index (χ2v) is 8.36. The highest BCUT2D eigenvalue weighted by molar-refractivity contribution is 5.94. The third kappa shape index (κ3) is 3.36. The van der Waals surface area contributed by atoms with Crippen LogP contribution < -0.4 is 0 Å². The average molecular weight is 366 g/mol. The molecule has 1 aromatic heterocycles. The van der Waals surface area contributed by atoms with E-state index in [-0.39, 0.29) is 5.91 Å². The summed E-state index contributed by atoms with van der Waals surface area (Å²) in [6, 6.07) is 8.11. The lowest BCUT2D eigenvalue weighted by Gasteiger charge is -2.40. The number of carbonyl (C=O) groups excluding carboxylic acids is 1. The number of fused-ring (bicyclic) bond motifs is 4. The van der Waals surface area contributed by atoms with Gasteiger partial charge in [-0.2, -0.15) is 0 Å². The summed E-state index contributed by atoms with van der Waals surface area (Å²) in [4.78, 5) is 17.9. The van der Waals surface area contributed by atoms with Crippen LogP contribution in [0.3, 0.4) is 0 Å². The molecule has 0 radical (unpaired) electrons. The summed E-state index contributed by atoms with van der Waals surface area (Å²) in [6.45, 7) is 4.18. The first kappa shape index (κ1) is 16.9. The van der Waals surface area contributed by atoms with Gasteiger partial charge in [-0.15, -0.1) is 5.10 Å². The van der Waals surface area contributed by atoms with Crippen LogP contribution in [0, 0.1) is 11.8 Å². The SMILES string of the molecule is O=C(c1ccc(-n2cnnn2)cc1)N1C[C@H]2CC[C@@H](C1)N(CC1CCC1)C2. The van der Waals surface area contributed by atoms with Crippen molar-refractivity contribution in [1.82, 2.24) is 30.0 Å². The first-order valence-corrected chi connectivity index (χ1v) is 10.1. The molecular formula is C20H26N6O. The van der Waals surface area contributed by atoms with E-state index in [0.717, 1.165) is 30.3 Å². The fraction of sp³-hybridized carbons (Fsp3) is 0.600. The van der Waals surface area contributed by atoms with Gasteiger partial charge in [-0.05, 0) is 72.2 Å². The summed E-state index contributed by atoms with van der Waals surface area (Å²) in [6.07, 6.45) is 8.24. The monoisotopic (exact) mass is 366 g/mol. The quantitative estimate of drug-likeness (QED) is 0.828. The number of aromatic nitrogens is 4. The maximum absolute atomic E-state index is 13.1. The molecule has 0 spiro atoms. The lowest BCUT2D eigenvalue weighted by molar-refractivity contribution is 0.0717. The molecule has 1 aliphatic carbocycles. The molecule has 1 amide bonds. The van der Waals surface area contributed by atoms with Crippen LogP contribution in [-0.4, -0.2) is 68.1 Å². The van der Waals surface area contributed by atoms with Crippen molar-refractivity contribution in [1.29, 1.82) is 0 Å². The summed E-state index contributed by atoms with van der Waals surface area (Å²) in [5.41, 5.74) is 1.61. The maximum atomic E-state index is 13.1. The summed E-state index contributed by atoms with van der Waals surface area (Å²) >= 11 is 0. The second-order valence-electron chi connectivity index (χ2n) is 8.36. The zero-order valence-electron chi connectivity index (χ0n) is 15.6. The van der Waals surface area contributed by atoms with Crippen LogP contribution in [0.1, 0.15) is 42.5 Å². The number of piperidine rings is 1. The van der Waals surface area contributed by atoms with E-state index in [0.29, 0.717) is 12.0 Å². The van der Waals surface area contributed by atoms with Crippen molar-refractivity contribution in [3.63, 3.8) is 0 Å². The van der Waals surface area contributed by atoms with E-state index >= 15 is 0 Å². The summed E-state index contributed by atoms with van der Waals surface area (Å²) in [5.74, 6) is 1.67. The number of rotatable bonds is 4. The zero-order valence-corrected chi connectivity index (χ0v) is 15.6. The van der Waals surface area contributed by atoms with E-state index in [1.54, 1.807) is 11.0 Å². The second kappa shape index (κ2) is 7.03. The van der Waals surface area contributed by atoms with Gasteiger partial charge in [-0.25, -0.2) is 4.68 Å². The first-order valence-electron chi connectivity index (χ1n) is 10.1. The van der Waals surface area contributed by atoms with Gasteiger partial charge in [-0.3, -0.25) is 9.69 Å². The van der Waals surface area contributed by atoms with Gasteiger partial charge in [0, 0.05) is 37.8 Å². The number of carbonyl (C=O) groups is 1. The molecule has 1 saturated carbocycles. The minimum absolute atomic E-state index is 0.153. The molecule has 7 nitrogen and oxygen atoms in total. The van der Waals surface area contributed by atoms with Crippen LogP contribution in [0.25, 0.3) is 5.69 Å². The Balaban J connectivity index is 1.29. The van der Waals surface area contributed by atoms with Gasteiger partial charge in [0.15, 0.2) is 0 Å². The molecule has 2 bridgehead atoms. The highest BCUT2D eigenvalue weighted by atomic mass is 16.2. The number of hydrogen-bond donors (Lipinski definition) is 0. The smallest absolute Gasteiger partial charge is 0.253 e. The molecule has 7 heteroatoms. The molecule has 2 atom stereocenters. The Kier molecular flexibility index (Phi) is 4.39. The van der Waals surface area contributed by atoms with E-state index in [4.69, 9.17) is 0 Å². The lowest BCUT2D eigenvalue weighted by atomic mass is 9.83. The molecule has 27 heavy (non-hydrogen) atoms. The van der Waals surface area contributed by atoms with Gasteiger partial charge < -0.3 is 4.90 Å². The standard InChI is InChI=1S/C20H26N6O/c27-20(17-5-8-18(9-6-17)26-14-21-22-23-26)25-12-16-4-7-19(13-25)24(11-16)10-15-2-1-3-15/h5-6,8-9,14-16,19H,1-4,7,10-13H2/t16-,19-/m0/s1. The van der Waals surface area contributed by atoms with Crippen LogP contribution in [0.4, 0.5) is 0 Å². The molecule has 4 fully saturated rings. The van der Waals surface area contributed by atoms with Gasteiger partial charge in [0.2, 0.25) is 0 Å². The number of tetrazole rings is 1. The molecule has 4 aliphatic rings. The van der Waals surface area contributed by atoms with Crippen LogP contribution >= 0.6 is 0 Å². The van der Waals surface area contributed by atoms with Gasteiger partial charge in [-0.1, -0.05) is 6.42 Å². The molecule has 1 aromatic carbocycles. The predicted molar refractivity (Wildman–Crippen MR) is 100 cm³/mol. The van der Waals surface area contributed by atoms with Gasteiger partial charge in [0.1, 0.15) is 6.33 Å². The van der Waals surface area contributed by atoms with Crippen molar-refractivity contribution >= 4 is 5.91 Å². The van der Waals surface area contributed by atoms with E-state index in [9.17, 15) is 4.79 Å². The largest absolute Gasteiger partial charge is 0.337 e. The third-order valence-corrected chi connectivity index (χ3v) is 6.56. The Labute approximate surface area is 159 Å². The molecule has 0 N–H and O–H groups in total. The zero-order chi connectivity index (χ0) is 18.2. The Morgan fingerprint density at radius 3 is 2.59 bits per heavy atom. The fourth-order valence-electron chi connectivity index (χ4n) is 4.79. The molecular weight excluding hydrogens is 340 g/mol. The van der Waals surface area contributed by atoms with Crippen molar-refractivity contribution in [2.45, 2.75) is 38.1 Å². The Hall–Kier alpha value is -2.28. The fourth-order valence-corrected chi connectivity index (χ4v) is 4.79. The molecule has 142 valence electrons. The molecule has 0 unspecified atom stereocenters. The number of hydrogen-bond acceptors (Lipinski definition) is 5. The third-order valence-electron chi connectivity index (χ3n) is 6.56. The van der Waals surface area contributed by atoms with Crippen LogP contribution in [0.2, 0.25) is 0 Å². The van der Waals surface area contributed by atoms with E-state index < -0.39 is 0 Å². The predicted octanol–water partition coefficient (Wildman–Crippen LogP) is 2.00. The number of amides is 1. The number of benzene rings is 1. The highest BCUT2D eigenvalue weighted by Crippen LogP contribution is 2.33. The average Bonchev–Trinajstić information content (AvgIpc) is 3.05.